The van der Waals surface area contributed by atoms with Gasteiger partial charge >= 0.3 is 0 Å². The average molecular weight is 217 g/mol. The third-order valence-electron chi connectivity index (χ3n) is 2.70. The number of hydroxylamine groups is 1. The van der Waals surface area contributed by atoms with Crippen LogP contribution in [0.3, 0.4) is 0 Å². The molecule has 0 spiro atoms. The molecular formula is C12H11NO3. The van der Waals surface area contributed by atoms with Crippen molar-refractivity contribution in [2.24, 2.45) is 0 Å². The second-order valence-electron chi connectivity index (χ2n) is 3.62. The molecule has 0 aliphatic carbocycles. The van der Waals surface area contributed by atoms with Crippen molar-refractivity contribution < 1.29 is 14.7 Å². The Hall–Kier alpha value is -1.99. The predicted molar refractivity (Wildman–Crippen MR) is 56.9 cm³/mol. The van der Waals surface area contributed by atoms with E-state index in [-0.39, 0.29) is 0 Å². The Morgan fingerprint density at radius 3 is 3.00 bits per heavy atom. The molecule has 0 aromatic heterocycles. The van der Waals surface area contributed by atoms with Crippen LogP contribution in [0.4, 0.5) is 0 Å². The zero-order valence-corrected chi connectivity index (χ0v) is 8.56. The average Bonchev–Trinajstić information content (AvgIpc) is 2.37. The fraction of sp³-hybridized carbons (Fsp3) is 0.250. The van der Waals surface area contributed by atoms with Crippen molar-refractivity contribution in [2.75, 3.05) is 0 Å². The maximum atomic E-state index is 11.5. The molecule has 4 nitrogen and oxygen atoms in total. The van der Waals surface area contributed by atoms with E-state index in [0.29, 0.717) is 18.6 Å². The minimum atomic E-state index is -1.40. The fourth-order valence-electron chi connectivity index (χ4n) is 1.78. The molecule has 2 rings (SSSR count). The van der Waals surface area contributed by atoms with E-state index in [4.69, 9.17) is 16.4 Å². The number of carbonyl (C=O) groups is 1. The summed E-state index contributed by atoms with van der Waals surface area (Å²) in [5.41, 5.74) is 1.16. The van der Waals surface area contributed by atoms with Crippen molar-refractivity contribution in [3.63, 3.8) is 0 Å². The third kappa shape index (κ3) is 1.51. The summed E-state index contributed by atoms with van der Waals surface area (Å²) in [5.74, 6) is 2.20. The van der Waals surface area contributed by atoms with Crippen LogP contribution in [0.5, 0.6) is 5.75 Å². The number of aryl methyl sites for hydroxylation is 1. The molecule has 0 radical (unpaired) electrons. The first-order chi connectivity index (χ1) is 7.72. The standard InChI is InChI=1S/C12H11NO3/c1-2-12(11(14)13-15)8-7-9-5-3-4-6-10(9)16-12/h1,3-6,15H,7-8H2,(H,13,14). The van der Waals surface area contributed by atoms with Crippen LogP contribution >= 0.6 is 0 Å². The largest absolute Gasteiger partial charge is 0.465 e. The molecule has 1 atom stereocenters. The summed E-state index contributed by atoms with van der Waals surface area (Å²) >= 11 is 0. The van der Waals surface area contributed by atoms with E-state index >= 15 is 0 Å². The zero-order valence-electron chi connectivity index (χ0n) is 8.56. The number of nitrogens with one attached hydrogen (secondary N) is 1. The number of ether oxygens (including phenoxy) is 1. The number of hydrogen-bond acceptors (Lipinski definition) is 3. The summed E-state index contributed by atoms with van der Waals surface area (Å²) in [6.07, 6.45) is 6.33. The van der Waals surface area contributed by atoms with Crippen LogP contribution in [-0.2, 0) is 11.2 Å². The van der Waals surface area contributed by atoms with Gasteiger partial charge in [0.2, 0.25) is 5.60 Å². The molecule has 0 bridgehead atoms. The van der Waals surface area contributed by atoms with Gasteiger partial charge in [0, 0.05) is 6.42 Å². The van der Waals surface area contributed by atoms with Gasteiger partial charge in [-0.3, -0.25) is 10.0 Å². The second kappa shape index (κ2) is 3.87. The lowest BCUT2D eigenvalue weighted by atomic mass is 9.91. The van der Waals surface area contributed by atoms with Gasteiger partial charge in [0.15, 0.2) is 0 Å². The van der Waals surface area contributed by atoms with Crippen molar-refractivity contribution >= 4 is 5.91 Å². The van der Waals surface area contributed by atoms with Crippen molar-refractivity contribution in [2.45, 2.75) is 18.4 Å². The number of rotatable bonds is 1. The van der Waals surface area contributed by atoms with Gasteiger partial charge in [-0.25, -0.2) is 5.48 Å². The zero-order chi connectivity index (χ0) is 11.6. The molecule has 1 heterocycles. The summed E-state index contributed by atoms with van der Waals surface area (Å²) in [7, 11) is 0. The monoisotopic (exact) mass is 217 g/mol. The SMILES string of the molecule is C#CC1(C(=O)NO)CCc2ccccc2O1. The Kier molecular flexibility index (Phi) is 2.55. The van der Waals surface area contributed by atoms with E-state index in [0.717, 1.165) is 5.56 Å². The lowest BCUT2D eigenvalue weighted by Gasteiger charge is -2.32. The van der Waals surface area contributed by atoms with Gasteiger partial charge in [-0.2, -0.15) is 0 Å². The summed E-state index contributed by atoms with van der Waals surface area (Å²) in [5, 5.41) is 8.66. The molecule has 82 valence electrons. The number of para-hydroxylation sites is 1. The van der Waals surface area contributed by atoms with Gasteiger partial charge in [-0.05, 0) is 24.0 Å². The summed E-state index contributed by atoms with van der Waals surface area (Å²) in [6, 6.07) is 7.39. The molecule has 2 N–H and O–H groups in total. The smallest absolute Gasteiger partial charge is 0.300 e. The lowest BCUT2D eigenvalue weighted by Crippen LogP contribution is -2.51. The quantitative estimate of drug-likeness (QED) is 0.417. The Labute approximate surface area is 93.2 Å². The summed E-state index contributed by atoms with van der Waals surface area (Å²) in [6.45, 7) is 0. The van der Waals surface area contributed by atoms with Crippen LogP contribution < -0.4 is 10.2 Å². The predicted octanol–water partition coefficient (Wildman–Crippen LogP) is 0.889. The lowest BCUT2D eigenvalue weighted by molar-refractivity contribution is -0.142. The van der Waals surface area contributed by atoms with Gasteiger partial charge in [0.05, 0.1) is 0 Å². The van der Waals surface area contributed by atoms with E-state index in [1.54, 1.807) is 11.5 Å². The number of benzene rings is 1. The highest BCUT2D eigenvalue weighted by molar-refractivity contribution is 5.88. The Morgan fingerprint density at radius 1 is 1.56 bits per heavy atom. The molecule has 0 saturated carbocycles. The normalized spacial score (nSPS) is 22.5. The molecule has 1 unspecified atom stereocenters. The Morgan fingerprint density at radius 2 is 2.31 bits per heavy atom. The van der Waals surface area contributed by atoms with Crippen molar-refractivity contribution in [1.29, 1.82) is 0 Å². The number of carbonyl (C=O) groups excluding carboxylic acids is 1. The molecule has 16 heavy (non-hydrogen) atoms. The molecule has 1 aromatic carbocycles. The molecule has 4 heteroatoms. The van der Waals surface area contributed by atoms with Crippen LogP contribution in [0.15, 0.2) is 24.3 Å². The molecule has 0 fully saturated rings. The first-order valence-corrected chi connectivity index (χ1v) is 4.91. The minimum absolute atomic E-state index is 0.354. The fourth-order valence-corrected chi connectivity index (χ4v) is 1.78. The van der Waals surface area contributed by atoms with E-state index in [9.17, 15) is 4.79 Å². The van der Waals surface area contributed by atoms with Crippen LogP contribution in [0.1, 0.15) is 12.0 Å². The highest BCUT2D eigenvalue weighted by Gasteiger charge is 2.41. The first kappa shape index (κ1) is 10.5. The van der Waals surface area contributed by atoms with Crippen LogP contribution in [0.25, 0.3) is 0 Å². The van der Waals surface area contributed by atoms with Gasteiger partial charge < -0.3 is 4.74 Å². The second-order valence-corrected chi connectivity index (χ2v) is 3.62. The van der Waals surface area contributed by atoms with Crippen molar-refractivity contribution in [1.82, 2.24) is 5.48 Å². The van der Waals surface area contributed by atoms with Crippen LogP contribution in [-0.4, -0.2) is 16.7 Å². The van der Waals surface area contributed by atoms with E-state index in [1.807, 2.05) is 18.2 Å². The molecular weight excluding hydrogens is 206 g/mol. The molecule has 0 saturated heterocycles. The van der Waals surface area contributed by atoms with Crippen LogP contribution in [0.2, 0.25) is 0 Å². The Balaban J connectivity index is 2.37. The van der Waals surface area contributed by atoms with Crippen molar-refractivity contribution in [3.05, 3.63) is 29.8 Å². The van der Waals surface area contributed by atoms with E-state index in [2.05, 4.69) is 5.92 Å². The minimum Gasteiger partial charge on any atom is -0.465 e. The highest BCUT2D eigenvalue weighted by Crippen LogP contribution is 2.32. The highest BCUT2D eigenvalue weighted by atomic mass is 16.5. The van der Waals surface area contributed by atoms with Crippen molar-refractivity contribution in [3.8, 4) is 18.1 Å². The topological polar surface area (TPSA) is 58.6 Å². The maximum Gasteiger partial charge on any atom is 0.300 e. The van der Waals surface area contributed by atoms with Crippen LogP contribution in [0, 0.1) is 12.3 Å². The molecule has 1 amide bonds. The number of hydrogen-bond donors (Lipinski definition) is 2. The maximum absolute atomic E-state index is 11.5. The summed E-state index contributed by atoms with van der Waals surface area (Å²) in [4.78, 5) is 11.5. The molecule has 1 aliphatic heterocycles. The molecule has 1 aliphatic rings. The van der Waals surface area contributed by atoms with Gasteiger partial charge in [-0.15, -0.1) is 6.42 Å². The summed E-state index contributed by atoms with van der Waals surface area (Å²) < 4.78 is 5.51. The van der Waals surface area contributed by atoms with Gasteiger partial charge in [0.25, 0.3) is 5.91 Å². The number of amides is 1. The molecule has 1 aromatic rings. The third-order valence-corrected chi connectivity index (χ3v) is 2.70. The van der Waals surface area contributed by atoms with E-state index < -0.39 is 11.5 Å². The number of fused-ring (bicyclic) bond motifs is 1. The Bertz CT molecular complexity index is 464. The first-order valence-electron chi connectivity index (χ1n) is 4.91. The van der Waals surface area contributed by atoms with Gasteiger partial charge in [-0.1, -0.05) is 18.2 Å². The van der Waals surface area contributed by atoms with Gasteiger partial charge in [0.1, 0.15) is 5.75 Å². The van der Waals surface area contributed by atoms with E-state index in [1.165, 1.54) is 0 Å². The number of terminal acetylenes is 1.